The molecule has 0 aliphatic rings. The molecular weight excluding hydrogens is 462 g/mol. The molecule has 182 valence electrons. The van der Waals surface area contributed by atoms with Crippen LogP contribution in [0, 0.1) is 0 Å². The van der Waals surface area contributed by atoms with Crippen LogP contribution in [-0.4, -0.2) is 35.7 Å². The number of carbonyl (C=O) groups excluding carboxylic acids is 1. The van der Waals surface area contributed by atoms with Gasteiger partial charge < -0.3 is 19.4 Å². The SMILES string of the molecule is COc1ccc(OCCn2c(CCCCCNC(=O)c3ccccc3Cl)nc3ccccc32)cc1. The molecular formula is C28H30ClN3O3. The number of nitrogens with zero attached hydrogens (tertiary/aromatic N) is 2. The van der Waals surface area contributed by atoms with Gasteiger partial charge in [-0.3, -0.25) is 4.79 Å². The molecule has 0 saturated heterocycles. The second kappa shape index (κ2) is 12.3. The summed E-state index contributed by atoms with van der Waals surface area (Å²) >= 11 is 6.10. The molecule has 0 atom stereocenters. The van der Waals surface area contributed by atoms with Crippen molar-refractivity contribution in [2.45, 2.75) is 32.2 Å². The number of imidazole rings is 1. The molecule has 0 unspecified atom stereocenters. The van der Waals surface area contributed by atoms with Gasteiger partial charge in [-0.25, -0.2) is 4.98 Å². The molecule has 0 fully saturated rings. The number of unbranched alkanes of at least 4 members (excludes halogenated alkanes) is 2. The summed E-state index contributed by atoms with van der Waals surface area (Å²) in [6, 6.07) is 22.9. The van der Waals surface area contributed by atoms with Crippen molar-refractivity contribution in [3.8, 4) is 11.5 Å². The van der Waals surface area contributed by atoms with Crippen molar-refractivity contribution in [3.63, 3.8) is 0 Å². The summed E-state index contributed by atoms with van der Waals surface area (Å²) in [6.07, 6.45) is 3.76. The largest absolute Gasteiger partial charge is 0.497 e. The highest BCUT2D eigenvalue weighted by atomic mass is 35.5. The third-order valence-corrected chi connectivity index (χ3v) is 6.19. The van der Waals surface area contributed by atoms with Gasteiger partial charge in [0.25, 0.3) is 5.91 Å². The Labute approximate surface area is 210 Å². The molecule has 0 spiro atoms. The van der Waals surface area contributed by atoms with E-state index >= 15 is 0 Å². The number of amides is 1. The lowest BCUT2D eigenvalue weighted by Gasteiger charge is -2.11. The van der Waals surface area contributed by atoms with Crippen LogP contribution in [0.3, 0.4) is 0 Å². The van der Waals surface area contributed by atoms with Crippen LogP contribution in [-0.2, 0) is 13.0 Å². The van der Waals surface area contributed by atoms with Crippen LogP contribution in [0.5, 0.6) is 11.5 Å². The molecule has 7 heteroatoms. The fourth-order valence-electron chi connectivity index (χ4n) is 4.02. The summed E-state index contributed by atoms with van der Waals surface area (Å²) < 4.78 is 13.4. The number of hydrogen-bond donors (Lipinski definition) is 1. The van der Waals surface area contributed by atoms with E-state index in [9.17, 15) is 4.79 Å². The Bertz CT molecular complexity index is 1250. The molecule has 6 nitrogen and oxygen atoms in total. The number of fused-ring (bicyclic) bond motifs is 1. The molecule has 1 heterocycles. The number of rotatable bonds is 12. The van der Waals surface area contributed by atoms with Crippen molar-refractivity contribution in [2.75, 3.05) is 20.3 Å². The number of halogens is 1. The van der Waals surface area contributed by atoms with Gasteiger partial charge in [-0.05, 0) is 61.4 Å². The second-order valence-corrected chi connectivity index (χ2v) is 8.65. The third kappa shape index (κ3) is 6.55. The lowest BCUT2D eigenvalue weighted by molar-refractivity contribution is 0.0953. The summed E-state index contributed by atoms with van der Waals surface area (Å²) in [7, 11) is 1.65. The average Bonchev–Trinajstić information content (AvgIpc) is 3.24. The van der Waals surface area contributed by atoms with E-state index in [-0.39, 0.29) is 5.91 Å². The molecule has 1 aromatic heterocycles. The Morgan fingerprint density at radius 3 is 2.49 bits per heavy atom. The molecule has 0 bridgehead atoms. The van der Waals surface area contributed by atoms with Gasteiger partial charge in [0.1, 0.15) is 23.9 Å². The first-order valence-electron chi connectivity index (χ1n) is 11.9. The minimum Gasteiger partial charge on any atom is -0.497 e. The zero-order chi connectivity index (χ0) is 24.5. The van der Waals surface area contributed by atoms with Gasteiger partial charge in [0.05, 0.1) is 35.3 Å². The first-order valence-corrected chi connectivity index (χ1v) is 12.3. The van der Waals surface area contributed by atoms with E-state index in [0.717, 1.165) is 60.6 Å². The topological polar surface area (TPSA) is 65.4 Å². The van der Waals surface area contributed by atoms with Crippen molar-refractivity contribution in [3.05, 3.63) is 89.2 Å². The summed E-state index contributed by atoms with van der Waals surface area (Å²) in [4.78, 5) is 17.1. The maximum Gasteiger partial charge on any atom is 0.252 e. The molecule has 0 saturated carbocycles. The number of nitrogens with one attached hydrogen (secondary N) is 1. The Kier molecular flexibility index (Phi) is 8.63. The van der Waals surface area contributed by atoms with E-state index in [0.29, 0.717) is 23.7 Å². The number of para-hydroxylation sites is 2. The van der Waals surface area contributed by atoms with E-state index in [2.05, 4.69) is 16.0 Å². The Hall–Kier alpha value is -3.51. The van der Waals surface area contributed by atoms with E-state index < -0.39 is 0 Å². The Balaban J connectivity index is 1.27. The monoisotopic (exact) mass is 491 g/mol. The summed E-state index contributed by atoms with van der Waals surface area (Å²) in [5.74, 6) is 2.55. The van der Waals surface area contributed by atoms with Crippen LogP contribution in [0.1, 0.15) is 35.4 Å². The first-order chi connectivity index (χ1) is 17.2. The minimum absolute atomic E-state index is 0.130. The molecule has 3 aromatic carbocycles. The van der Waals surface area contributed by atoms with Gasteiger partial charge in [0, 0.05) is 13.0 Å². The third-order valence-electron chi connectivity index (χ3n) is 5.86. The van der Waals surface area contributed by atoms with Crippen LogP contribution < -0.4 is 14.8 Å². The van der Waals surface area contributed by atoms with Crippen molar-refractivity contribution in [1.82, 2.24) is 14.9 Å². The smallest absolute Gasteiger partial charge is 0.252 e. The minimum atomic E-state index is -0.130. The molecule has 35 heavy (non-hydrogen) atoms. The first kappa shape index (κ1) is 24.6. The summed E-state index contributed by atoms with van der Waals surface area (Å²) in [5, 5.41) is 3.43. The fourth-order valence-corrected chi connectivity index (χ4v) is 4.24. The molecule has 4 aromatic rings. The van der Waals surface area contributed by atoms with Gasteiger partial charge in [-0.2, -0.15) is 0 Å². The quantitative estimate of drug-likeness (QED) is 0.250. The van der Waals surface area contributed by atoms with Gasteiger partial charge in [0.2, 0.25) is 0 Å². The average molecular weight is 492 g/mol. The molecule has 4 rings (SSSR count). The predicted octanol–water partition coefficient (Wildman–Crippen LogP) is 5.92. The van der Waals surface area contributed by atoms with Gasteiger partial charge in [0.15, 0.2) is 0 Å². The van der Waals surface area contributed by atoms with Crippen molar-refractivity contribution in [1.29, 1.82) is 0 Å². The number of carbonyl (C=O) groups is 1. The molecule has 0 aliphatic carbocycles. The summed E-state index contributed by atoms with van der Waals surface area (Å²) in [5.41, 5.74) is 2.63. The Morgan fingerprint density at radius 1 is 0.943 bits per heavy atom. The van der Waals surface area contributed by atoms with E-state index in [1.165, 1.54) is 0 Å². The maximum atomic E-state index is 12.3. The lowest BCUT2D eigenvalue weighted by atomic mass is 10.1. The molecule has 0 aliphatic heterocycles. The number of hydrogen-bond acceptors (Lipinski definition) is 4. The van der Waals surface area contributed by atoms with Crippen LogP contribution in [0.25, 0.3) is 11.0 Å². The van der Waals surface area contributed by atoms with Gasteiger partial charge in [-0.15, -0.1) is 0 Å². The van der Waals surface area contributed by atoms with Crippen molar-refractivity contribution >= 4 is 28.5 Å². The zero-order valence-corrected chi connectivity index (χ0v) is 20.6. The molecule has 1 N–H and O–H groups in total. The van der Waals surface area contributed by atoms with E-state index in [1.54, 1.807) is 19.2 Å². The van der Waals surface area contributed by atoms with Crippen LogP contribution in [0.2, 0.25) is 5.02 Å². The number of methoxy groups -OCH3 is 1. The number of benzene rings is 3. The zero-order valence-electron chi connectivity index (χ0n) is 19.9. The highest BCUT2D eigenvalue weighted by molar-refractivity contribution is 6.33. The number of ether oxygens (including phenoxy) is 2. The normalized spacial score (nSPS) is 10.9. The van der Waals surface area contributed by atoms with Crippen LogP contribution in [0.15, 0.2) is 72.8 Å². The van der Waals surface area contributed by atoms with Gasteiger partial charge in [-0.1, -0.05) is 42.3 Å². The maximum absolute atomic E-state index is 12.3. The summed E-state index contributed by atoms with van der Waals surface area (Å²) in [6.45, 7) is 1.89. The molecule has 1 amide bonds. The number of aryl methyl sites for hydroxylation is 1. The van der Waals surface area contributed by atoms with Crippen molar-refractivity contribution < 1.29 is 14.3 Å². The predicted molar refractivity (Wildman–Crippen MR) is 140 cm³/mol. The highest BCUT2D eigenvalue weighted by Gasteiger charge is 2.11. The fraction of sp³-hybridized carbons (Fsp3) is 0.286. The van der Waals surface area contributed by atoms with Crippen LogP contribution in [0.4, 0.5) is 0 Å². The van der Waals surface area contributed by atoms with Crippen molar-refractivity contribution in [2.24, 2.45) is 0 Å². The van der Waals surface area contributed by atoms with Crippen LogP contribution >= 0.6 is 11.6 Å². The molecule has 0 radical (unpaired) electrons. The standard InChI is InChI=1S/C28H30ClN3O3/c1-34-21-14-16-22(17-15-21)35-20-19-32-26-12-7-6-11-25(26)31-27(32)13-3-2-8-18-30-28(33)23-9-4-5-10-24(23)29/h4-7,9-12,14-17H,2-3,8,13,18-20H2,1H3,(H,30,33). The highest BCUT2D eigenvalue weighted by Crippen LogP contribution is 2.20. The van der Waals surface area contributed by atoms with E-state index in [4.69, 9.17) is 26.1 Å². The van der Waals surface area contributed by atoms with Gasteiger partial charge >= 0.3 is 0 Å². The second-order valence-electron chi connectivity index (χ2n) is 8.24. The Morgan fingerprint density at radius 2 is 1.69 bits per heavy atom. The lowest BCUT2D eigenvalue weighted by Crippen LogP contribution is -2.24. The van der Waals surface area contributed by atoms with E-state index in [1.807, 2.05) is 54.6 Å². The number of aromatic nitrogens is 2.